The van der Waals surface area contributed by atoms with Crippen molar-refractivity contribution in [1.82, 2.24) is 14.5 Å². The molecular weight excluding hydrogens is 476 g/mol. The van der Waals surface area contributed by atoms with Crippen molar-refractivity contribution >= 4 is 55.9 Å². The lowest BCUT2D eigenvalue weighted by molar-refractivity contribution is -0.121. The summed E-state index contributed by atoms with van der Waals surface area (Å²) in [4.78, 5) is 12.8. The van der Waals surface area contributed by atoms with E-state index in [0.29, 0.717) is 35.1 Å². The number of fused-ring (bicyclic) bond motifs is 1. The van der Waals surface area contributed by atoms with Gasteiger partial charge in [0.05, 0.1) is 10.3 Å². The number of carbonyl (C=O) groups excluding carboxylic acids is 1. The highest BCUT2D eigenvalue weighted by atomic mass is 35.5. The van der Waals surface area contributed by atoms with Gasteiger partial charge in [0.25, 0.3) is 15.9 Å². The SMILES string of the molecule is O=C(Nc1nnc(-c2cc3ccccc3o2)o1)C1CCCN(S(=O)(=O)c2ccc(Cl)s2)C1. The summed E-state index contributed by atoms with van der Waals surface area (Å²) >= 11 is 6.88. The van der Waals surface area contributed by atoms with Crippen molar-refractivity contribution in [2.45, 2.75) is 17.1 Å². The molecule has 1 fully saturated rings. The minimum Gasteiger partial charge on any atom is -0.451 e. The molecule has 0 saturated carbocycles. The molecule has 1 aliphatic rings. The molecule has 12 heteroatoms. The Hall–Kier alpha value is -2.73. The van der Waals surface area contributed by atoms with Crippen LogP contribution in [0.5, 0.6) is 0 Å². The third-order valence-electron chi connectivity index (χ3n) is 5.19. The molecule has 1 N–H and O–H groups in total. The summed E-state index contributed by atoms with van der Waals surface area (Å²) in [5, 5.41) is 11.3. The topological polar surface area (TPSA) is 119 Å². The number of carbonyl (C=O) groups is 1. The third-order valence-corrected chi connectivity index (χ3v) is 8.75. The molecule has 1 amide bonds. The first-order valence-corrected chi connectivity index (χ1v) is 12.4. The summed E-state index contributed by atoms with van der Waals surface area (Å²) in [5.41, 5.74) is 0.682. The first-order chi connectivity index (χ1) is 15.4. The Morgan fingerprint density at radius 1 is 1.19 bits per heavy atom. The molecule has 5 rings (SSSR count). The Labute approximate surface area is 192 Å². The smallest absolute Gasteiger partial charge is 0.322 e. The lowest BCUT2D eigenvalue weighted by Gasteiger charge is -2.30. The fourth-order valence-electron chi connectivity index (χ4n) is 3.61. The molecule has 166 valence electrons. The van der Waals surface area contributed by atoms with Crippen LogP contribution < -0.4 is 5.32 Å². The second kappa shape index (κ2) is 8.32. The van der Waals surface area contributed by atoms with E-state index in [1.807, 2.05) is 24.3 Å². The molecule has 0 aliphatic carbocycles. The van der Waals surface area contributed by atoms with Crippen LogP contribution in [0.4, 0.5) is 6.01 Å². The quantitative estimate of drug-likeness (QED) is 0.442. The largest absolute Gasteiger partial charge is 0.451 e. The lowest BCUT2D eigenvalue weighted by atomic mass is 9.99. The van der Waals surface area contributed by atoms with Crippen LogP contribution in [0, 0.1) is 5.92 Å². The van der Waals surface area contributed by atoms with Gasteiger partial charge in [-0.1, -0.05) is 34.9 Å². The van der Waals surface area contributed by atoms with Crippen LogP contribution in [0.1, 0.15) is 12.8 Å². The van der Waals surface area contributed by atoms with E-state index in [2.05, 4.69) is 15.5 Å². The van der Waals surface area contributed by atoms with Gasteiger partial charge in [-0.2, -0.15) is 4.31 Å². The molecule has 1 unspecified atom stereocenters. The first-order valence-electron chi connectivity index (χ1n) is 9.79. The zero-order valence-corrected chi connectivity index (χ0v) is 18.9. The standard InChI is InChI=1S/C20H17ClN4O5S2/c21-16-7-8-17(31-16)32(27,28)25-9-3-5-13(11-25)18(26)22-20-24-23-19(30-20)15-10-12-4-1-2-6-14(12)29-15/h1-2,4,6-8,10,13H,3,5,9,11H2,(H,22,24,26). The number of sulfonamides is 1. The van der Waals surface area contributed by atoms with Crippen molar-refractivity contribution in [2.24, 2.45) is 5.92 Å². The van der Waals surface area contributed by atoms with Crippen molar-refractivity contribution in [2.75, 3.05) is 18.4 Å². The van der Waals surface area contributed by atoms with E-state index in [1.165, 1.54) is 10.4 Å². The maximum Gasteiger partial charge on any atom is 0.322 e. The number of thiophene rings is 1. The number of furan rings is 1. The van der Waals surface area contributed by atoms with Crippen LogP contribution in [0.25, 0.3) is 22.6 Å². The van der Waals surface area contributed by atoms with E-state index >= 15 is 0 Å². The van der Waals surface area contributed by atoms with Crippen molar-refractivity contribution < 1.29 is 22.0 Å². The molecule has 4 aromatic rings. The van der Waals surface area contributed by atoms with Crippen molar-refractivity contribution in [3.63, 3.8) is 0 Å². The number of aromatic nitrogens is 2. The second-order valence-corrected chi connectivity index (χ2v) is 11.2. The number of halogens is 1. The molecule has 1 atom stereocenters. The summed E-state index contributed by atoms with van der Waals surface area (Å²) in [6.45, 7) is 0.409. The van der Waals surface area contributed by atoms with Gasteiger partial charge in [-0.25, -0.2) is 8.42 Å². The average Bonchev–Trinajstić information content (AvgIpc) is 3.53. The molecule has 0 spiro atoms. The number of anilines is 1. The molecule has 32 heavy (non-hydrogen) atoms. The minimum absolute atomic E-state index is 0.0637. The van der Waals surface area contributed by atoms with Gasteiger partial charge in [0.1, 0.15) is 9.79 Å². The number of para-hydroxylation sites is 1. The molecule has 1 aliphatic heterocycles. The van der Waals surface area contributed by atoms with Crippen LogP contribution in [0.15, 0.2) is 55.5 Å². The van der Waals surface area contributed by atoms with E-state index in [0.717, 1.165) is 16.7 Å². The number of rotatable bonds is 5. The summed E-state index contributed by atoms with van der Waals surface area (Å²) in [6.07, 6.45) is 1.11. The van der Waals surface area contributed by atoms with Gasteiger partial charge in [0.2, 0.25) is 5.91 Å². The van der Waals surface area contributed by atoms with Gasteiger partial charge in [-0.15, -0.1) is 16.4 Å². The molecule has 1 saturated heterocycles. The summed E-state index contributed by atoms with van der Waals surface area (Å²) in [5.74, 6) is -0.396. The Morgan fingerprint density at radius 3 is 2.81 bits per heavy atom. The molecule has 0 radical (unpaired) electrons. The average molecular weight is 493 g/mol. The van der Waals surface area contributed by atoms with Crippen LogP contribution in [0.3, 0.4) is 0 Å². The second-order valence-electron chi connectivity index (χ2n) is 7.31. The van der Waals surface area contributed by atoms with Gasteiger partial charge in [-0.3, -0.25) is 10.1 Å². The predicted molar refractivity (Wildman–Crippen MR) is 119 cm³/mol. The maximum atomic E-state index is 12.9. The number of benzene rings is 1. The fourth-order valence-corrected chi connectivity index (χ4v) is 6.77. The van der Waals surface area contributed by atoms with E-state index in [9.17, 15) is 13.2 Å². The Balaban J connectivity index is 1.28. The number of hydrogen-bond acceptors (Lipinski definition) is 8. The van der Waals surface area contributed by atoms with Crippen LogP contribution >= 0.6 is 22.9 Å². The number of amides is 1. The van der Waals surface area contributed by atoms with E-state index in [4.69, 9.17) is 20.4 Å². The Morgan fingerprint density at radius 2 is 2.03 bits per heavy atom. The van der Waals surface area contributed by atoms with Gasteiger partial charge in [0, 0.05) is 18.5 Å². The Kier molecular flexibility index (Phi) is 5.49. The number of piperidine rings is 1. The number of nitrogens with one attached hydrogen (secondary N) is 1. The van der Waals surface area contributed by atoms with Gasteiger partial charge in [-0.05, 0) is 37.1 Å². The molecule has 1 aromatic carbocycles. The summed E-state index contributed by atoms with van der Waals surface area (Å²) in [7, 11) is -3.70. The summed E-state index contributed by atoms with van der Waals surface area (Å²) < 4.78 is 38.8. The fraction of sp³-hybridized carbons (Fsp3) is 0.250. The molecule has 4 heterocycles. The lowest BCUT2D eigenvalue weighted by Crippen LogP contribution is -2.43. The highest BCUT2D eigenvalue weighted by molar-refractivity contribution is 7.91. The van der Waals surface area contributed by atoms with Crippen LogP contribution in [-0.2, 0) is 14.8 Å². The number of nitrogens with zero attached hydrogens (tertiary/aromatic N) is 3. The third kappa shape index (κ3) is 4.04. The van der Waals surface area contributed by atoms with Gasteiger partial charge >= 0.3 is 6.01 Å². The van der Waals surface area contributed by atoms with Crippen molar-refractivity contribution in [1.29, 1.82) is 0 Å². The molecular formula is C20H17ClN4O5S2. The monoisotopic (exact) mass is 492 g/mol. The van der Waals surface area contributed by atoms with E-state index < -0.39 is 15.9 Å². The zero-order chi connectivity index (χ0) is 22.3. The molecule has 0 bridgehead atoms. The minimum atomic E-state index is -3.70. The van der Waals surface area contributed by atoms with Crippen LogP contribution in [0.2, 0.25) is 4.34 Å². The van der Waals surface area contributed by atoms with E-state index in [1.54, 1.807) is 12.1 Å². The Bertz CT molecular complexity index is 1360. The molecule has 9 nitrogen and oxygen atoms in total. The highest BCUT2D eigenvalue weighted by Gasteiger charge is 2.34. The molecule has 3 aromatic heterocycles. The number of hydrogen-bond donors (Lipinski definition) is 1. The maximum absolute atomic E-state index is 12.9. The van der Waals surface area contributed by atoms with E-state index in [-0.39, 0.29) is 28.6 Å². The summed E-state index contributed by atoms with van der Waals surface area (Å²) in [6, 6.07) is 12.2. The van der Waals surface area contributed by atoms with Gasteiger partial charge in [0.15, 0.2) is 5.76 Å². The van der Waals surface area contributed by atoms with Gasteiger partial charge < -0.3 is 8.83 Å². The zero-order valence-electron chi connectivity index (χ0n) is 16.5. The highest BCUT2D eigenvalue weighted by Crippen LogP contribution is 2.31. The van der Waals surface area contributed by atoms with Crippen molar-refractivity contribution in [3.05, 3.63) is 46.8 Å². The normalized spacial score (nSPS) is 17.6. The first kappa shape index (κ1) is 21.1. The predicted octanol–water partition coefficient (Wildman–Crippen LogP) is 4.24. The van der Waals surface area contributed by atoms with Crippen molar-refractivity contribution in [3.8, 4) is 11.7 Å². The van der Waals surface area contributed by atoms with Crippen LogP contribution in [-0.4, -0.2) is 41.9 Å².